The third-order valence-electron chi connectivity index (χ3n) is 6.07. The molecule has 1 unspecified atom stereocenters. The van der Waals surface area contributed by atoms with Gasteiger partial charge in [0.25, 0.3) is 0 Å². The van der Waals surface area contributed by atoms with Crippen molar-refractivity contribution in [3.05, 3.63) is 35.4 Å². The number of carbonyl (C=O) groups is 2. The molecule has 3 atom stereocenters. The Morgan fingerprint density at radius 2 is 2.09 bits per heavy atom. The molecule has 3 aliphatic carbocycles. The fourth-order valence-corrected chi connectivity index (χ4v) is 4.76. The molecular weight excluding hydrogens is 276 g/mol. The lowest BCUT2D eigenvalue weighted by Gasteiger charge is -2.44. The van der Waals surface area contributed by atoms with Gasteiger partial charge in [-0.3, -0.25) is 9.59 Å². The Kier molecular flexibility index (Phi) is 2.84. The predicted molar refractivity (Wildman–Crippen MR) is 83.6 cm³/mol. The number of rotatable bonds is 1. The van der Waals surface area contributed by atoms with Crippen molar-refractivity contribution >= 4 is 17.1 Å². The number of ether oxygens (including phenoxy) is 1. The van der Waals surface area contributed by atoms with E-state index in [4.69, 9.17) is 4.74 Å². The van der Waals surface area contributed by atoms with Gasteiger partial charge >= 0.3 is 0 Å². The third-order valence-corrected chi connectivity index (χ3v) is 6.07. The number of Topliss-reactive ketones (excluding diaryl/α,β-unsaturated/α-hetero) is 2. The molecule has 0 spiro atoms. The van der Waals surface area contributed by atoms with Crippen molar-refractivity contribution in [3.63, 3.8) is 0 Å². The maximum atomic E-state index is 12.5. The van der Waals surface area contributed by atoms with E-state index in [0.29, 0.717) is 6.42 Å². The third kappa shape index (κ3) is 1.62. The van der Waals surface area contributed by atoms with Crippen molar-refractivity contribution in [3.8, 4) is 5.75 Å². The number of hydrogen-bond donors (Lipinski definition) is 0. The van der Waals surface area contributed by atoms with Crippen LogP contribution < -0.4 is 4.74 Å². The van der Waals surface area contributed by atoms with Crippen LogP contribution in [0.3, 0.4) is 0 Å². The minimum absolute atomic E-state index is 0.134. The van der Waals surface area contributed by atoms with E-state index < -0.39 is 5.41 Å². The van der Waals surface area contributed by atoms with Gasteiger partial charge in [-0.2, -0.15) is 0 Å². The summed E-state index contributed by atoms with van der Waals surface area (Å²) in [5.74, 6) is 0.963. The maximum absolute atomic E-state index is 12.5. The molecule has 0 aliphatic heterocycles. The lowest BCUT2D eigenvalue weighted by atomic mass is 9.57. The highest BCUT2D eigenvalue weighted by molar-refractivity contribution is 6.41. The second-order valence-electron chi connectivity index (χ2n) is 6.95. The van der Waals surface area contributed by atoms with Gasteiger partial charge in [-0.25, -0.2) is 0 Å². The van der Waals surface area contributed by atoms with Crippen LogP contribution in [0, 0.1) is 17.3 Å². The van der Waals surface area contributed by atoms with E-state index in [1.54, 1.807) is 7.11 Å². The SMILES string of the molecule is COc1ccc2c(c1)CC[C@H]1C2=CC[C@H]2CC(=O)C(=O)C21C. The number of methoxy groups -OCH3 is 1. The van der Waals surface area contributed by atoms with Crippen LogP contribution >= 0.6 is 0 Å². The Bertz CT molecular complexity index is 715. The van der Waals surface area contributed by atoms with Crippen LogP contribution in [-0.4, -0.2) is 18.7 Å². The first kappa shape index (κ1) is 13.7. The second-order valence-corrected chi connectivity index (χ2v) is 6.95. The standard InChI is InChI=1S/C19H20O3/c1-19-12(10-17(20)18(19)21)4-6-15-14-7-5-13(22-2)9-11(14)3-8-16(15)19/h5-7,9,12,16H,3-4,8,10H2,1-2H3/t12-,16-,19?/m0/s1. The molecule has 1 aromatic carbocycles. The normalized spacial score (nSPS) is 32.9. The Labute approximate surface area is 130 Å². The van der Waals surface area contributed by atoms with Crippen molar-refractivity contribution in [1.29, 1.82) is 0 Å². The zero-order valence-electron chi connectivity index (χ0n) is 13.0. The highest BCUT2D eigenvalue weighted by atomic mass is 16.5. The number of fused-ring (bicyclic) bond motifs is 5. The molecule has 22 heavy (non-hydrogen) atoms. The van der Waals surface area contributed by atoms with Crippen LogP contribution in [0.25, 0.3) is 5.57 Å². The number of carbonyl (C=O) groups excluding carboxylic acids is 2. The number of ketones is 2. The van der Waals surface area contributed by atoms with Gasteiger partial charge in [0, 0.05) is 11.8 Å². The lowest BCUT2D eigenvalue weighted by Crippen LogP contribution is -2.42. The Hall–Kier alpha value is -1.90. The van der Waals surface area contributed by atoms with Crippen molar-refractivity contribution in [2.45, 2.75) is 32.6 Å². The van der Waals surface area contributed by atoms with E-state index in [1.165, 1.54) is 16.7 Å². The summed E-state index contributed by atoms with van der Waals surface area (Å²) in [6.45, 7) is 2.02. The van der Waals surface area contributed by atoms with E-state index in [2.05, 4.69) is 18.2 Å². The zero-order valence-corrected chi connectivity index (χ0v) is 13.0. The summed E-state index contributed by atoms with van der Waals surface area (Å²) in [5, 5.41) is 0. The molecule has 0 aromatic heterocycles. The summed E-state index contributed by atoms with van der Waals surface area (Å²) < 4.78 is 5.32. The average molecular weight is 296 g/mol. The van der Waals surface area contributed by atoms with Gasteiger partial charge in [0.2, 0.25) is 5.78 Å². The Balaban J connectivity index is 1.81. The van der Waals surface area contributed by atoms with Gasteiger partial charge in [-0.15, -0.1) is 0 Å². The van der Waals surface area contributed by atoms with Crippen molar-refractivity contribution in [2.75, 3.05) is 7.11 Å². The van der Waals surface area contributed by atoms with E-state index in [-0.39, 0.29) is 23.4 Å². The van der Waals surface area contributed by atoms with Gasteiger partial charge in [0.15, 0.2) is 5.78 Å². The molecule has 4 rings (SSSR count). The molecule has 0 heterocycles. The zero-order chi connectivity index (χ0) is 15.5. The molecule has 3 nitrogen and oxygen atoms in total. The molecule has 3 heteroatoms. The molecule has 0 N–H and O–H groups in total. The molecule has 1 fully saturated rings. The van der Waals surface area contributed by atoms with Crippen LogP contribution in [0.15, 0.2) is 24.3 Å². The summed E-state index contributed by atoms with van der Waals surface area (Å²) in [6.07, 6.45) is 5.43. The minimum atomic E-state index is -0.487. The number of aryl methyl sites for hydroxylation is 1. The van der Waals surface area contributed by atoms with E-state index in [0.717, 1.165) is 25.0 Å². The number of allylic oxidation sites excluding steroid dienone is 2. The summed E-state index contributed by atoms with van der Waals surface area (Å²) in [4.78, 5) is 24.5. The average Bonchev–Trinajstić information content (AvgIpc) is 2.77. The van der Waals surface area contributed by atoms with Gasteiger partial charge in [0.05, 0.1) is 7.11 Å². The fraction of sp³-hybridized carbons (Fsp3) is 0.474. The van der Waals surface area contributed by atoms with Crippen LogP contribution in [0.1, 0.15) is 37.3 Å². The van der Waals surface area contributed by atoms with Crippen LogP contribution in [-0.2, 0) is 16.0 Å². The molecular formula is C19H20O3. The van der Waals surface area contributed by atoms with Gasteiger partial charge in [-0.05, 0) is 59.9 Å². The number of benzene rings is 1. The molecule has 114 valence electrons. The number of hydrogen-bond acceptors (Lipinski definition) is 3. The molecule has 3 aliphatic rings. The van der Waals surface area contributed by atoms with Crippen molar-refractivity contribution < 1.29 is 14.3 Å². The topological polar surface area (TPSA) is 43.4 Å². The molecule has 0 amide bonds. The van der Waals surface area contributed by atoms with Gasteiger partial charge in [0.1, 0.15) is 5.75 Å². The Morgan fingerprint density at radius 3 is 2.86 bits per heavy atom. The summed E-state index contributed by atoms with van der Waals surface area (Å²) in [5.41, 5.74) is 3.31. The summed E-state index contributed by atoms with van der Waals surface area (Å²) >= 11 is 0. The van der Waals surface area contributed by atoms with Gasteiger partial charge < -0.3 is 4.74 Å². The first-order valence-corrected chi connectivity index (χ1v) is 8.00. The second kappa shape index (κ2) is 4.55. The van der Waals surface area contributed by atoms with E-state index in [9.17, 15) is 9.59 Å². The molecule has 0 bridgehead atoms. The quantitative estimate of drug-likeness (QED) is 0.747. The molecule has 0 radical (unpaired) electrons. The molecule has 1 saturated carbocycles. The molecule has 1 aromatic rings. The minimum Gasteiger partial charge on any atom is -0.497 e. The monoisotopic (exact) mass is 296 g/mol. The van der Waals surface area contributed by atoms with E-state index in [1.807, 2.05) is 13.0 Å². The largest absolute Gasteiger partial charge is 0.497 e. The summed E-state index contributed by atoms with van der Waals surface area (Å²) in [7, 11) is 1.68. The van der Waals surface area contributed by atoms with Gasteiger partial charge in [-0.1, -0.05) is 19.1 Å². The first-order valence-electron chi connectivity index (χ1n) is 8.00. The maximum Gasteiger partial charge on any atom is 0.205 e. The molecule has 0 saturated heterocycles. The summed E-state index contributed by atoms with van der Waals surface area (Å²) in [6, 6.07) is 6.19. The highest BCUT2D eigenvalue weighted by Crippen LogP contribution is 2.57. The van der Waals surface area contributed by atoms with E-state index >= 15 is 0 Å². The van der Waals surface area contributed by atoms with Crippen molar-refractivity contribution in [1.82, 2.24) is 0 Å². The Morgan fingerprint density at radius 1 is 1.27 bits per heavy atom. The smallest absolute Gasteiger partial charge is 0.205 e. The van der Waals surface area contributed by atoms with Crippen LogP contribution in [0.5, 0.6) is 5.75 Å². The van der Waals surface area contributed by atoms with Crippen LogP contribution in [0.2, 0.25) is 0 Å². The highest BCUT2D eigenvalue weighted by Gasteiger charge is 2.57. The lowest BCUT2D eigenvalue weighted by molar-refractivity contribution is -0.139. The fourth-order valence-electron chi connectivity index (χ4n) is 4.76. The first-order chi connectivity index (χ1) is 10.6. The van der Waals surface area contributed by atoms with Crippen LogP contribution in [0.4, 0.5) is 0 Å². The van der Waals surface area contributed by atoms with Crippen molar-refractivity contribution in [2.24, 2.45) is 17.3 Å². The predicted octanol–water partition coefficient (Wildman–Crippen LogP) is 3.21.